The van der Waals surface area contributed by atoms with E-state index in [1.54, 1.807) is 4.57 Å². The fourth-order valence-electron chi connectivity index (χ4n) is 4.84. The molecule has 0 unspecified atom stereocenters. The van der Waals surface area contributed by atoms with Gasteiger partial charge in [-0.1, -0.05) is 0 Å². The van der Waals surface area contributed by atoms with Crippen LogP contribution in [0, 0.1) is 5.92 Å². The van der Waals surface area contributed by atoms with Crippen LogP contribution in [-0.2, 0) is 31.1 Å². The average molecular weight is 543 g/mol. The van der Waals surface area contributed by atoms with E-state index in [4.69, 9.17) is 0 Å². The molecule has 0 aliphatic heterocycles. The SMILES string of the molecule is Cn1nc(OC(F)F)cc1Nc1nncn1[C@H]1CCc2sc(CC(=O)C3CC(F)(F)C3)c(C(=O)O)c2C1. The highest BCUT2D eigenvalue weighted by atomic mass is 32.1. The molecule has 2 aliphatic carbocycles. The minimum atomic E-state index is -3.02. The van der Waals surface area contributed by atoms with E-state index in [1.807, 2.05) is 0 Å². The van der Waals surface area contributed by atoms with Crippen LogP contribution in [0.5, 0.6) is 5.88 Å². The van der Waals surface area contributed by atoms with Gasteiger partial charge in [-0.2, -0.15) is 8.78 Å². The number of hydrogen-bond donors (Lipinski definition) is 2. The van der Waals surface area contributed by atoms with Crippen LogP contribution in [0.25, 0.3) is 0 Å². The van der Waals surface area contributed by atoms with Crippen LogP contribution in [-0.4, -0.2) is 53.9 Å². The Morgan fingerprint density at radius 1 is 1.35 bits per heavy atom. The molecule has 1 saturated carbocycles. The Kier molecular flexibility index (Phi) is 6.41. The van der Waals surface area contributed by atoms with Crippen LogP contribution < -0.4 is 10.1 Å². The molecule has 0 saturated heterocycles. The molecule has 3 aromatic heterocycles. The number of alkyl halides is 4. The van der Waals surface area contributed by atoms with E-state index in [1.165, 1.54) is 35.5 Å². The zero-order valence-electron chi connectivity index (χ0n) is 19.5. The molecule has 0 spiro atoms. The number of carbonyl (C=O) groups excluding carboxylic acids is 1. The summed E-state index contributed by atoms with van der Waals surface area (Å²) in [6.07, 6.45) is 1.85. The van der Waals surface area contributed by atoms with Crippen LogP contribution in [0.2, 0.25) is 0 Å². The van der Waals surface area contributed by atoms with E-state index in [9.17, 15) is 32.3 Å². The number of halogens is 4. The molecule has 1 atom stereocenters. The van der Waals surface area contributed by atoms with E-state index in [0.29, 0.717) is 41.5 Å². The molecule has 5 rings (SSSR count). The van der Waals surface area contributed by atoms with Crippen LogP contribution in [0.3, 0.4) is 0 Å². The molecule has 2 N–H and O–H groups in total. The van der Waals surface area contributed by atoms with Crippen molar-refractivity contribution in [3.8, 4) is 5.88 Å². The van der Waals surface area contributed by atoms with Gasteiger partial charge in [0, 0.05) is 54.1 Å². The maximum atomic E-state index is 13.2. The lowest BCUT2D eigenvalue weighted by Gasteiger charge is -2.33. The lowest BCUT2D eigenvalue weighted by Crippen LogP contribution is -2.40. The molecule has 3 aromatic rings. The Morgan fingerprint density at radius 3 is 2.78 bits per heavy atom. The van der Waals surface area contributed by atoms with Crippen molar-refractivity contribution in [2.45, 2.75) is 57.1 Å². The summed E-state index contributed by atoms with van der Waals surface area (Å²) in [5.41, 5.74) is 0.676. The van der Waals surface area contributed by atoms with Gasteiger partial charge in [-0.05, 0) is 24.8 Å². The molecular formula is C22H22F4N6O4S. The second-order valence-electron chi connectivity index (χ2n) is 9.16. The maximum absolute atomic E-state index is 13.2. The van der Waals surface area contributed by atoms with Gasteiger partial charge in [0.2, 0.25) is 17.8 Å². The Balaban J connectivity index is 1.35. The monoisotopic (exact) mass is 542 g/mol. The van der Waals surface area contributed by atoms with Crippen molar-refractivity contribution in [2.24, 2.45) is 13.0 Å². The Labute approximate surface area is 211 Å². The zero-order valence-corrected chi connectivity index (χ0v) is 20.3. The lowest BCUT2D eigenvalue weighted by molar-refractivity contribution is -0.147. The quantitative estimate of drug-likeness (QED) is 0.389. The van der Waals surface area contributed by atoms with Crippen molar-refractivity contribution in [1.82, 2.24) is 24.5 Å². The summed E-state index contributed by atoms with van der Waals surface area (Å²) in [5.74, 6) is -4.74. The minimum absolute atomic E-state index is 0.0622. The summed E-state index contributed by atoms with van der Waals surface area (Å²) >= 11 is 1.25. The first-order chi connectivity index (χ1) is 17.5. The number of aromatic carboxylic acids is 1. The molecular weight excluding hydrogens is 520 g/mol. The third kappa shape index (κ3) is 5.04. The van der Waals surface area contributed by atoms with Gasteiger partial charge in [0.1, 0.15) is 17.9 Å². The molecule has 10 nitrogen and oxygen atoms in total. The van der Waals surface area contributed by atoms with Gasteiger partial charge in [0.05, 0.1) is 5.56 Å². The number of anilines is 2. The average Bonchev–Trinajstić information content (AvgIpc) is 3.48. The van der Waals surface area contributed by atoms with Gasteiger partial charge in [0.15, 0.2) is 0 Å². The molecule has 0 aromatic carbocycles. The molecule has 2 aliphatic rings. The van der Waals surface area contributed by atoms with Gasteiger partial charge in [-0.25, -0.2) is 18.3 Å². The first kappa shape index (κ1) is 25.2. The number of rotatable bonds is 9. The van der Waals surface area contributed by atoms with E-state index in [0.717, 1.165) is 4.88 Å². The summed E-state index contributed by atoms with van der Waals surface area (Å²) in [7, 11) is 1.53. The van der Waals surface area contributed by atoms with E-state index in [-0.39, 0.29) is 29.7 Å². The van der Waals surface area contributed by atoms with E-state index < -0.39 is 37.3 Å². The smallest absolute Gasteiger partial charge is 0.388 e. The third-order valence-corrected chi connectivity index (χ3v) is 7.97. The topological polar surface area (TPSA) is 124 Å². The highest BCUT2D eigenvalue weighted by Crippen LogP contribution is 2.44. The number of aryl methyl sites for hydroxylation is 2. The Hall–Kier alpha value is -3.49. The van der Waals surface area contributed by atoms with E-state index >= 15 is 0 Å². The van der Waals surface area contributed by atoms with E-state index in [2.05, 4.69) is 25.3 Å². The van der Waals surface area contributed by atoms with Crippen LogP contribution in [0.4, 0.5) is 29.3 Å². The highest BCUT2D eigenvalue weighted by Gasteiger charge is 2.48. The van der Waals surface area contributed by atoms with Gasteiger partial charge in [-0.3, -0.25) is 9.36 Å². The number of ether oxygens (including phenoxy) is 1. The molecule has 15 heteroatoms. The zero-order chi connectivity index (χ0) is 26.5. The molecule has 3 heterocycles. The first-order valence-corrected chi connectivity index (χ1v) is 12.2. The van der Waals surface area contributed by atoms with Crippen molar-refractivity contribution in [3.05, 3.63) is 33.3 Å². The van der Waals surface area contributed by atoms with Crippen molar-refractivity contribution in [1.29, 1.82) is 0 Å². The van der Waals surface area contributed by atoms with Crippen LogP contribution in [0.1, 0.15) is 51.0 Å². The number of carboxylic acid groups (broad SMARTS) is 1. The molecule has 0 radical (unpaired) electrons. The molecule has 198 valence electrons. The van der Waals surface area contributed by atoms with Gasteiger partial charge >= 0.3 is 12.6 Å². The van der Waals surface area contributed by atoms with Crippen molar-refractivity contribution in [2.75, 3.05) is 5.32 Å². The normalized spacial score (nSPS) is 18.9. The van der Waals surface area contributed by atoms with Crippen LogP contribution >= 0.6 is 11.3 Å². The predicted octanol–water partition coefficient (Wildman–Crippen LogP) is 4.00. The largest absolute Gasteiger partial charge is 0.478 e. The predicted molar refractivity (Wildman–Crippen MR) is 122 cm³/mol. The number of fused-ring (bicyclic) bond motifs is 1. The standard InChI is InChI=1S/C22H22F4N6O4S/c1-31-16(6-17(30-31)36-20(23)24)28-21-29-27-9-32(21)11-2-3-14-12(4-11)18(19(34)35)15(37-14)5-13(33)10-7-22(25,26)8-10/h6,9-11,20H,2-5,7-8H2,1H3,(H,28,29)(H,34,35)/t11-/m0/s1. The summed E-state index contributed by atoms with van der Waals surface area (Å²) in [6, 6.07) is 1.06. The lowest BCUT2D eigenvalue weighted by atomic mass is 9.77. The number of Topliss-reactive ketones (excluding diaryl/α,β-unsaturated/α-hetero) is 1. The number of aromatic nitrogens is 5. The molecule has 37 heavy (non-hydrogen) atoms. The number of thiophene rings is 1. The Morgan fingerprint density at radius 2 is 2.11 bits per heavy atom. The molecule has 1 fully saturated rings. The number of carboxylic acids is 1. The number of nitrogens with one attached hydrogen (secondary N) is 1. The second-order valence-corrected chi connectivity index (χ2v) is 10.4. The van der Waals surface area contributed by atoms with Crippen LogP contribution in [0.15, 0.2) is 12.4 Å². The number of hydrogen-bond acceptors (Lipinski definition) is 8. The van der Waals surface area contributed by atoms with Gasteiger partial charge in [-0.15, -0.1) is 26.6 Å². The highest BCUT2D eigenvalue weighted by molar-refractivity contribution is 7.12. The van der Waals surface area contributed by atoms with Gasteiger partial charge < -0.3 is 15.2 Å². The second kappa shape index (κ2) is 9.43. The number of ketones is 1. The van der Waals surface area contributed by atoms with Crippen molar-refractivity contribution >= 4 is 34.9 Å². The fourth-order valence-corrected chi connectivity index (χ4v) is 6.20. The molecule has 0 bridgehead atoms. The summed E-state index contributed by atoms with van der Waals surface area (Å²) < 4.78 is 58.8. The molecule has 0 amide bonds. The summed E-state index contributed by atoms with van der Waals surface area (Å²) in [5, 5.41) is 24.8. The summed E-state index contributed by atoms with van der Waals surface area (Å²) in [6.45, 7) is -3.02. The number of nitrogens with zero attached hydrogens (tertiary/aromatic N) is 5. The Bertz CT molecular complexity index is 1340. The van der Waals surface area contributed by atoms with Crippen molar-refractivity contribution in [3.63, 3.8) is 0 Å². The number of carbonyl (C=O) groups is 2. The first-order valence-electron chi connectivity index (χ1n) is 11.4. The minimum Gasteiger partial charge on any atom is -0.478 e. The third-order valence-electron chi connectivity index (χ3n) is 6.68. The van der Waals surface area contributed by atoms with Gasteiger partial charge in [0.25, 0.3) is 0 Å². The maximum Gasteiger partial charge on any atom is 0.388 e. The van der Waals surface area contributed by atoms with Crippen molar-refractivity contribution < 1.29 is 37.0 Å². The fraction of sp³-hybridized carbons (Fsp3) is 0.500. The summed E-state index contributed by atoms with van der Waals surface area (Å²) in [4.78, 5) is 25.9.